The molecule has 0 unspecified atom stereocenters. The van der Waals surface area contributed by atoms with Gasteiger partial charge >= 0.3 is 5.97 Å². The molecule has 0 aliphatic rings. The molecule has 0 fully saturated rings. The van der Waals surface area contributed by atoms with Crippen LogP contribution in [0.4, 0.5) is 5.69 Å². The molecule has 0 saturated carbocycles. The highest BCUT2D eigenvalue weighted by molar-refractivity contribution is 6.32. The minimum atomic E-state index is -0.630. The summed E-state index contributed by atoms with van der Waals surface area (Å²) in [5.41, 5.74) is 15.9. The van der Waals surface area contributed by atoms with Gasteiger partial charge in [-0.25, -0.2) is 4.79 Å². The molecule has 0 heterocycles. The number of ether oxygens (including phenoxy) is 1. The van der Waals surface area contributed by atoms with Crippen molar-refractivity contribution in [1.29, 1.82) is 0 Å². The number of halogens is 1. The Morgan fingerprint density at radius 1 is 1.07 bits per heavy atom. The third kappa shape index (κ3) is 5.10. The molecule has 0 radical (unpaired) electrons. The van der Waals surface area contributed by atoms with Gasteiger partial charge in [-0.15, -0.1) is 0 Å². The minimum absolute atomic E-state index is 0.0710. The molecular formula is C23H22ClN3O3. The number of carbonyl (C=O) groups is 1. The zero-order valence-electron chi connectivity index (χ0n) is 16.7. The Bertz CT molecular complexity index is 1110. The summed E-state index contributed by atoms with van der Waals surface area (Å²) in [6.45, 7) is 4.02. The number of hydrogen-bond donors (Lipinski definition) is 2. The van der Waals surface area contributed by atoms with E-state index < -0.39 is 5.97 Å². The Balaban J connectivity index is 1.68. The van der Waals surface area contributed by atoms with E-state index in [4.69, 9.17) is 32.6 Å². The van der Waals surface area contributed by atoms with Gasteiger partial charge in [0.25, 0.3) is 0 Å². The van der Waals surface area contributed by atoms with Crippen LogP contribution < -0.4 is 16.2 Å². The fourth-order valence-electron chi connectivity index (χ4n) is 2.79. The van der Waals surface area contributed by atoms with Crippen LogP contribution in [0.3, 0.4) is 0 Å². The summed E-state index contributed by atoms with van der Waals surface area (Å²) < 4.78 is 5.78. The number of aryl methyl sites for hydroxylation is 1. The first-order valence-electron chi connectivity index (χ1n) is 9.23. The summed E-state index contributed by atoms with van der Waals surface area (Å²) in [5.74, 6) is 0.0243. The van der Waals surface area contributed by atoms with Gasteiger partial charge in [-0.1, -0.05) is 47.1 Å². The summed E-state index contributed by atoms with van der Waals surface area (Å²) in [5, 5.41) is 4.28. The maximum atomic E-state index is 12.4. The maximum absolute atomic E-state index is 12.4. The molecule has 0 spiro atoms. The highest BCUT2D eigenvalue weighted by atomic mass is 35.5. The number of nitrogens with two attached hydrogens (primary N) is 2. The van der Waals surface area contributed by atoms with Crippen molar-refractivity contribution in [1.82, 2.24) is 0 Å². The number of benzene rings is 3. The monoisotopic (exact) mass is 423 g/mol. The van der Waals surface area contributed by atoms with Gasteiger partial charge in [0.15, 0.2) is 5.84 Å². The lowest BCUT2D eigenvalue weighted by molar-refractivity contribution is 0.0516. The smallest absolute Gasteiger partial charge is 0.365 e. The van der Waals surface area contributed by atoms with E-state index in [-0.39, 0.29) is 12.4 Å². The highest BCUT2D eigenvalue weighted by Crippen LogP contribution is 2.26. The Labute approximate surface area is 180 Å². The number of anilines is 1. The van der Waals surface area contributed by atoms with Crippen LogP contribution in [0.2, 0.25) is 5.02 Å². The van der Waals surface area contributed by atoms with Crippen molar-refractivity contribution in [3.05, 3.63) is 93.5 Å². The average molecular weight is 424 g/mol. The normalized spacial score (nSPS) is 11.2. The number of oxime groups is 1. The number of nitrogens with zero attached hydrogens (tertiary/aromatic N) is 1. The number of nitrogen functional groups attached to an aromatic ring is 1. The molecular weight excluding hydrogens is 402 g/mol. The van der Waals surface area contributed by atoms with E-state index in [1.54, 1.807) is 42.5 Å². The van der Waals surface area contributed by atoms with Gasteiger partial charge in [0.05, 0.1) is 10.6 Å². The van der Waals surface area contributed by atoms with Crippen molar-refractivity contribution >= 4 is 29.1 Å². The first kappa shape index (κ1) is 21.2. The molecule has 0 aliphatic carbocycles. The third-order valence-electron chi connectivity index (χ3n) is 4.52. The van der Waals surface area contributed by atoms with E-state index >= 15 is 0 Å². The van der Waals surface area contributed by atoms with E-state index in [2.05, 4.69) is 5.16 Å². The molecule has 30 heavy (non-hydrogen) atoms. The molecule has 6 nitrogen and oxygen atoms in total. The van der Waals surface area contributed by atoms with E-state index in [1.165, 1.54) is 0 Å². The van der Waals surface area contributed by atoms with Crippen LogP contribution >= 0.6 is 11.6 Å². The number of rotatable bonds is 6. The zero-order chi connectivity index (χ0) is 21.7. The van der Waals surface area contributed by atoms with Gasteiger partial charge in [0.1, 0.15) is 12.4 Å². The largest absolute Gasteiger partial charge is 0.487 e. The van der Waals surface area contributed by atoms with Crippen molar-refractivity contribution in [3.63, 3.8) is 0 Å². The highest BCUT2D eigenvalue weighted by Gasteiger charge is 2.11. The lowest BCUT2D eigenvalue weighted by Gasteiger charge is -2.10. The van der Waals surface area contributed by atoms with Crippen LogP contribution in [0.15, 0.2) is 65.8 Å². The van der Waals surface area contributed by atoms with Crippen LogP contribution in [0, 0.1) is 13.8 Å². The zero-order valence-corrected chi connectivity index (χ0v) is 17.4. The maximum Gasteiger partial charge on any atom is 0.365 e. The van der Waals surface area contributed by atoms with Crippen LogP contribution in [0.1, 0.15) is 32.6 Å². The molecule has 0 amide bonds. The second-order valence-corrected chi connectivity index (χ2v) is 7.21. The summed E-state index contributed by atoms with van der Waals surface area (Å²) in [6.07, 6.45) is 0. The predicted molar refractivity (Wildman–Crippen MR) is 119 cm³/mol. The molecule has 3 rings (SSSR count). The first-order chi connectivity index (χ1) is 14.3. The van der Waals surface area contributed by atoms with E-state index in [1.807, 2.05) is 32.0 Å². The van der Waals surface area contributed by atoms with Crippen molar-refractivity contribution < 1.29 is 14.4 Å². The summed E-state index contributed by atoms with van der Waals surface area (Å²) >= 11 is 6.15. The summed E-state index contributed by atoms with van der Waals surface area (Å²) in [7, 11) is 0. The molecule has 0 aromatic heterocycles. The van der Waals surface area contributed by atoms with Crippen molar-refractivity contribution in [2.75, 3.05) is 5.73 Å². The van der Waals surface area contributed by atoms with Gasteiger partial charge in [0, 0.05) is 11.3 Å². The number of amidine groups is 1. The molecule has 7 heteroatoms. The second-order valence-electron chi connectivity index (χ2n) is 6.80. The fraction of sp³-hybridized carbons (Fsp3) is 0.130. The SMILES string of the molecule is Cc1ccc(Cl)c(OCc2cccc(C(=O)O/N=C(\N)c3cccc(N)c3C)c2)c1. The van der Waals surface area contributed by atoms with E-state index in [9.17, 15) is 4.79 Å². The first-order valence-corrected chi connectivity index (χ1v) is 9.61. The minimum Gasteiger partial charge on any atom is -0.487 e. The lowest BCUT2D eigenvalue weighted by Crippen LogP contribution is -2.17. The summed E-state index contributed by atoms with van der Waals surface area (Å²) in [6, 6.07) is 17.7. The lowest BCUT2D eigenvalue weighted by atomic mass is 10.1. The van der Waals surface area contributed by atoms with Crippen LogP contribution in [-0.4, -0.2) is 11.8 Å². The van der Waals surface area contributed by atoms with Gasteiger partial charge in [-0.2, -0.15) is 0 Å². The van der Waals surface area contributed by atoms with Gasteiger partial charge in [-0.05, 0) is 60.9 Å². The Kier molecular flexibility index (Phi) is 6.59. The quantitative estimate of drug-likeness (QED) is 0.198. The third-order valence-corrected chi connectivity index (χ3v) is 4.83. The van der Waals surface area contributed by atoms with Crippen LogP contribution in [0.25, 0.3) is 0 Å². The topological polar surface area (TPSA) is 99.9 Å². The molecule has 154 valence electrons. The molecule has 0 saturated heterocycles. The molecule has 0 aliphatic heterocycles. The van der Waals surface area contributed by atoms with Gasteiger partial charge in [-0.3, -0.25) is 0 Å². The van der Waals surface area contributed by atoms with Gasteiger partial charge in [0.2, 0.25) is 0 Å². The molecule has 3 aromatic rings. The standard InChI is InChI=1S/C23H22ClN3O3/c1-14-9-10-19(24)21(11-14)29-13-16-5-3-6-17(12-16)23(28)30-27-22(26)18-7-4-8-20(25)15(18)2/h3-12H,13,25H2,1-2H3,(H2,26,27). The predicted octanol–water partition coefficient (Wildman–Crippen LogP) is 4.60. The Morgan fingerprint density at radius 2 is 1.83 bits per heavy atom. The number of hydrogen-bond acceptors (Lipinski definition) is 5. The molecule has 0 atom stereocenters. The van der Waals surface area contributed by atoms with Crippen molar-refractivity contribution in [3.8, 4) is 5.75 Å². The number of carbonyl (C=O) groups excluding carboxylic acids is 1. The molecule has 0 bridgehead atoms. The fourth-order valence-corrected chi connectivity index (χ4v) is 2.97. The summed E-state index contributed by atoms with van der Waals surface area (Å²) in [4.78, 5) is 17.4. The molecule has 3 aromatic carbocycles. The van der Waals surface area contributed by atoms with Crippen molar-refractivity contribution in [2.45, 2.75) is 20.5 Å². The van der Waals surface area contributed by atoms with Crippen LogP contribution in [0.5, 0.6) is 5.75 Å². The molecule has 4 N–H and O–H groups in total. The van der Waals surface area contributed by atoms with Crippen molar-refractivity contribution in [2.24, 2.45) is 10.9 Å². The average Bonchev–Trinajstić information content (AvgIpc) is 2.74. The van der Waals surface area contributed by atoms with E-state index in [0.717, 1.165) is 16.7 Å². The van der Waals surface area contributed by atoms with Gasteiger partial charge < -0.3 is 21.0 Å². The Morgan fingerprint density at radius 3 is 2.63 bits per heavy atom. The second kappa shape index (κ2) is 9.33. The van der Waals surface area contributed by atoms with E-state index in [0.29, 0.717) is 27.6 Å². The Hall–Kier alpha value is -3.51. The van der Waals surface area contributed by atoms with Crippen LogP contribution in [-0.2, 0) is 11.4 Å².